The first-order chi connectivity index (χ1) is 10.1. The normalized spacial score (nSPS) is 25.9. The number of hydrogen-bond acceptors (Lipinski definition) is 4. The minimum Gasteiger partial charge on any atom is -0.361 e. The molecule has 1 aliphatic heterocycles. The summed E-state index contributed by atoms with van der Waals surface area (Å²) < 4.78 is 5.08. The van der Waals surface area contributed by atoms with Crippen molar-refractivity contribution in [2.75, 3.05) is 32.7 Å². The fourth-order valence-electron chi connectivity index (χ4n) is 2.84. The van der Waals surface area contributed by atoms with Crippen LogP contribution in [0.25, 0.3) is 0 Å². The van der Waals surface area contributed by atoms with Crippen molar-refractivity contribution in [3.8, 4) is 0 Å². The van der Waals surface area contributed by atoms with Gasteiger partial charge in [-0.05, 0) is 25.2 Å². The molecule has 2 amide bonds. The van der Waals surface area contributed by atoms with Crippen molar-refractivity contribution in [3.05, 3.63) is 17.5 Å². The largest absolute Gasteiger partial charge is 0.361 e. The summed E-state index contributed by atoms with van der Waals surface area (Å²) in [5.74, 6) is 2.33. The van der Waals surface area contributed by atoms with Crippen molar-refractivity contribution in [2.24, 2.45) is 11.8 Å². The molecule has 0 bridgehead atoms. The predicted molar refractivity (Wildman–Crippen MR) is 78.8 cm³/mol. The van der Waals surface area contributed by atoms with Gasteiger partial charge in [0, 0.05) is 45.3 Å². The van der Waals surface area contributed by atoms with Gasteiger partial charge >= 0.3 is 6.03 Å². The van der Waals surface area contributed by atoms with Gasteiger partial charge in [0.2, 0.25) is 0 Å². The number of carbonyl (C=O) groups is 1. The summed E-state index contributed by atoms with van der Waals surface area (Å²) in [6, 6.07) is 2.06. The number of nitrogens with one attached hydrogen (secondary N) is 1. The number of amides is 2. The third-order valence-corrected chi connectivity index (χ3v) is 4.51. The summed E-state index contributed by atoms with van der Waals surface area (Å²) in [5.41, 5.74) is 0.966. The highest BCUT2D eigenvalue weighted by molar-refractivity contribution is 5.74. The van der Waals surface area contributed by atoms with Gasteiger partial charge in [-0.15, -0.1) is 0 Å². The summed E-state index contributed by atoms with van der Waals surface area (Å²) in [4.78, 5) is 16.3. The molecule has 2 atom stereocenters. The molecule has 6 heteroatoms. The number of aryl methyl sites for hydroxylation is 1. The summed E-state index contributed by atoms with van der Waals surface area (Å²) in [6.45, 7) is 9.11. The lowest BCUT2D eigenvalue weighted by Crippen LogP contribution is -2.51. The van der Waals surface area contributed by atoms with Crippen molar-refractivity contribution >= 4 is 6.03 Å². The van der Waals surface area contributed by atoms with Crippen molar-refractivity contribution in [2.45, 2.75) is 26.8 Å². The molecule has 6 nitrogen and oxygen atoms in total. The number of carbonyl (C=O) groups excluding carboxylic acids is 1. The van der Waals surface area contributed by atoms with Crippen molar-refractivity contribution < 1.29 is 9.32 Å². The summed E-state index contributed by atoms with van der Waals surface area (Å²) in [7, 11) is 0. The lowest BCUT2D eigenvalue weighted by atomic mass is 10.3. The lowest BCUT2D eigenvalue weighted by Gasteiger charge is -2.34. The smallest absolute Gasteiger partial charge is 0.317 e. The molecule has 1 aliphatic carbocycles. The van der Waals surface area contributed by atoms with E-state index < -0.39 is 0 Å². The highest BCUT2D eigenvalue weighted by Crippen LogP contribution is 2.36. The first-order valence-corrected chi connectivity index (χ1v) is 7.79. The Balaban J connectivity index is 1.39. The highest BCUT2D eigenvalue weighted by Gasteiger charge is 2.33. The lowest BCUT2D eigenvalue weighted by molar-refractivity contribution is 0.133. The maximum Gasteiger partial charge on any atom is 0.317 e. The third kappa shape index (κ3) is 3.75. The zero-order valence-corrected chi connectivity index (χ0v) is 12.8. The Kier molecular flexibility index (Phi) is 4.14. The average Bonchev–Trinajstić information content (AvgIpc) is 3.03. The molecule has 1 aromatic heterocycles. The zero-order valence-electron chi connectivity index (χ0n) is 12.8. The number of hydrogen-bond donors (Lipinski definition) is 1. The van der Waals surface area contributed by atoms with E-state index in [9.17, 15) is 4.79 Å². The number of urea groups is 1. The van der Waals surface area contributed by atoms with Gasteiger partial charge in [0.1, 0.15) is 5.76 Å². The van der Waals surface area contributed by atoms with Crippen LogP contribution in [0.4, 0.5) is 4.79 Å². The second kappa shape index (κ2) is 6.05. The number of rotatable bonds is 4. The molecule has 2 fully saturated rings. The van der Waals surface area contributed by atoms with E-state index in [-0.39, 0.29) is 6.03 Å². The van der Waals surface area contributed by atoms with E-state index >= 15 is 0 Å². The van der Waals surface area contributed by atoms with E-state index in [1.165, 1.54) is 6.42 Å². The van der Waals surface area contributed by atoms with Crippen LogP contribution in [-0.2, 0) is 6.54 Å². The van der Waals surface area contributed by atoms with E-state index in [0.29, 0.717) is 5.92 Å². The van der Waals surface area contributed by atoms with Crippen molar-refractivity contribution in [3.63, 3.8) is 0 Å². The Bertz CT molecular complexity index is 494. The molecule has 1 aromatic rings. The van der Waals surface area contributed by atoms with Crippen LogP contribution < -0.4 is 5.32 Å². The van der Waals surface area contributed by atoms with Gasteiger partial charge in [-0.1, -0.05) is 12.1 Å². The number of aromatic nitrogens is 1. The van der Waals surface area contributed by atoms with Gasteiger partial charge in [0.05, 0.1) is 5.69 Å². The van der Waals surface area contributed by atoms with Gasteiger partial charge in [-0.2, -0.15) is 0 Å². The second-order valence-corrected chi connectivity index (χ2v) is 6.35. The minimum absolute atomic E-state index is 0.0889. The molecule has 2 heterocycles. The summed E-state index contributed by atoms with van der Waals surface area (Å²) in [6.07, 6.45) is 1.26. The highest BCUT2D eigenvalue weighted by atomic mass is 16.5. The average molecular weight is 292 g/mol. The Labute approximate surface area is 125 Å². The van der Waals surface area contributed by atoms with Gasteiger partial charge in [-0.25, -0.2) is 4.79 Å². The summed E-state index contributed by atoms with van der Waals surface area (Å²) in [5, 5.41) is 7.07. The fourth-order valence-corrected chi connectivity index (χ4v) is 2.84. The van der Waals surface area contributed by atoms with Crippen LogP contribution in [0.2, 0.25) is 0 Å². The molecule has 1 saturated heterocycles. The first-order valence-electron chi connectivity index (χ1n) is 7.79. The molecule has 116 valence electrons. The molecule has 2 aliphatic rings. The molecule has 1 saturated carbocycles. The zero-order chi connectivity index (χ0) is 14.8. The van der Waals surface area contributed by atoms with Gasteiger partial charge in [0.15, 0.2) is 0 Å². The Morgan fingerprint density at radius 3 is 2.71 bits per heavy atom. The first kappa shape index (κ1) is 14.4. The maximum atomic E-state index is 12.1. The van der Waals surface area contributed by atoms with E-state index in [1.807, 2.05) is 17.9 Å². The van der Waals surface area contributed by atoms with Crippen molar-refractivity contribution in [1.29, 1.82) is 0 Å². The van der Waals surface area contributed by atoms with Gasteiger partial charge < -0.3 is 14.7 Å². The van der Waals surface area contributed by atoms with Crippen LogP contribution in [0.5, 0.6) is 0 Å². The molecule has 21 heavy (non-hydrogen) atoms. The Morgan fingerprint density at radius 1 is 1.43 bits per heavy atom. The molecule has 0 aromatic carbocycles. The predicted octanol–water partition coefficient (Wildman–Crippen LogP) is 1.47. The molecule has 3 rings (SSSR count). The summed E-state index contributed by atoms with van der Waals surface area (Å²) >= 11 is 0. The molecule has 0 radical (unpaired) electrons. The second-order valence-electron chi connectivity index (χ2n) is 6.35. The fraction of sp³-hybridized carbons (Fsp3) is 0.733. The Hall–Kier alpha value is -1.56. The molecule has 2 unspecified atom stereocenters. The van der Waals surface area contributed by atoms with Crippen LogP contribution >= 0.6 is 0 Å². The number of piperazine rings is 1. The molecular formula is C15H24N4O2. The van der Waals surface area contributed by atoms with Crippen LogP contribution in [0.15, 0.2) is 10.6 Å². The molecule has 0 spiro atoms. The van der Waals surface area contributed by atoms with Crippen molar-refractivity contribution in [1.82, 2.24) is 20.3 Å². The quantitative estimate of drug-likeness (QED) is 0.913. The third-order valence-electron chi connectivity index (χ3n) is 4.51. The maximum absolute atomic E-state index is 12.1. The monoisotopic (exact) mass is 292 g/mol. The minimum atomic E-state index is 0.0889. The van der Waals surface area contributed by atoms with E-state index in [0.717, 1.165) is 56.6 Å². The van der Waals surface area contributed by atoms with E-state index in [2.05, 4.69) is 22.3 Å². The molecular weight excluding hydrogens is 268 g/mol. The van der Waals surface area contributed by atoms with E-state index in [4.69, 9.17) is 4.52 Å². The topological polar surface area (TPSA) is 61.6 Å². The standard InChI is InChI=1S/C15H24N4O2/c1-11-7-13(11)9-16-15(20)19-5-3-18(4-6-19)10-14-8-12(2)21-17-14/h8,11,13H,3-7,9-10H2,1-2H3,(H,16,20). The van der Waals surface area contributed by atoms with Gasteiger partial charge in [0.25, 0.3) is 0 Å². The van der Waals surface area contributed by atoms with Crippen LogP contribution in [0.3, 0.4) is 0 Å². The van der Waals surface area contributed by atoms with Gasteiger partial charge in [-0.3, -0.25) is 4.90 Å². The molecule has 1 N–H and O–H groups in total. The van der Waals surface area contributed by atoms with E-state index in [1.54, 1.807) is 0 Å². The van der Waals surface area contributed by atoms with Crippen LogP contribution in [-0.4, -0.2) is 53.7 Å². The SMILES string of the molecule is Cc1cc(CN2CCN(C(=O)NCC3CC3C)CC2)no1. The van der Waals surface area contributed by atoms with Crippen LogP contribution in [0.1, 0.15) is 24.8 Å². The number of nitrogens with zero attached hydrogens (tertiary/aromatic N) is 3. The Morgan fingerprint density at radius 2 is 2.14 bits per heavy atom. The van der Waals surface area contributed by atoms with Crippen LogP contribution in [0, 0.1) is 18.8 Å².